The molecular weight excluding hydrogens is 350 g/mol. The molecule has 1 aromatic carbocycles. The van der Waals surface area contributed by atoms with Gasteiger partial charge in [0.05, 0.1) is 0 Å². The minimum atomic E-state index is 0. The molecule has 1 saturated carbocycles. The molecule has 0 aromatic heterocycles. The van der Waals surface area contributed by atoms with E-state index in [1.165, 1.54) is 61.6 Å². The summed E-state index contributed by atoms with van der Waals surface area (Å²) in [6.45, 7) is 8.38. The standard InChI is InChI=1S/C22H29.Rb/c1-4-18-8-10-19(11-9-18)20-12-14-21(15-13-20)22-7-5-6-16(2)17(22)3;/h4-5,7,14,18-20H,1,8-13,15H2,2-3H3;/q-1;+1. The first-order valence-electron chi connectivity index (χ1n) is 8.99. The van der Waals surface area contributed by atoms with E-state index in [9.17, 15) is 0 Å². The first-order chi connectivity index (χ1) is 10.7. The van der Waals surface area contributed by atoms with E-state index in [1.54, 1.807) is 5.57 Å². The second-order valence-electron chi connectivity index (χ2n) is 7.32. The summed E-state index contributed by atoms with van der Waals surface area (Å²) in [5.74, 6) is 2.67. The van der Waals surface area contributed by atoms with Crippen LogP contribution in [0.1, 0.15) is 61.6 Å². The first-order valence-corrected chi connectivity index (χ1v) is 8.99. The molecule has 0 spiro atoms. The summed E-state index contributed by atoms with van der Waals surface area (Å²) in [5, 5.41) is 0. The van der Waals surface area contributed by atoms with Crippen LogP contribution in [-0.4, -0.2) is 0 Å². The molecule has 118 valence electrons. The zero-order valence-electron chi connectivity index (χ0n) is 15.2. The number of benzene rings is 1. The fourth-order valence-electron chi connectivity index (χ4n) is 4.41. The normalized spacial score (nSPS) is 27.7. The average Bonchev–Trinajstić information content (AvgIpc) is 2.58. The third-order valence-corrected chi connectivity index (χ3v) is 6.13. The Kier molecular flexibility index (Phi) is 7.99. The Balaban J connectivity index is 0.00000192. The van der Waals surface area contributed by atoms with Gasteiger partial charge in [-0.3, -0.25) is 0 Å². The quantitative estimate of drug-likeness (QED) is 0.559. The molecule has 1 heteroatoms. The molecular formula is C22H29Rb. The minimum absolute atomic E-state index is 0. The average molecular weight is 379 g/mol. The van der Waals surface area contributed by atoms with Crippen molar-refractivity contribution in [2.24, 2.45) is 17.8 Å². The molecule has 0 aliphatic heterocycles. The van der Waals surface area contributed by atoms with Crippen molar-refractivity contribution in [2.75, 3.05) is 0 Å². The fourth-order valence-corrected chi connectivity index (χ4v) is 4.41. The van der Waals surface area contributed by atoms with Gasteiger partial charge in [0, 0.05) is 0 Å². The van der Waals surface area contributed by atoms with E-state index in [-0.39, 0.29) is 58.2 Å². The van der Waals surface area contributed by atoms with Crippen molar-refractivity contribution < 1.29 is 58.2 Å². The molecule has 0 saturated heterocycles. The van der Waals surface area contributed by atoms with Gasteiger partial charge in [-0.05, 0) is 62.7 Å². The number of hydrogen-bond donors (Lipinski definition) is 0. The molecule has 0 bridgehead atoms. The van der Waals surface area contributed by atoms with E-state index in [2.05, 4.69) is 50.8 Å². The van der Waals surface area contributed by atoms with Gasteiger partial charge in [0.25, 0.3) is 0 Å². The predicted octanol–water partition coefficient (Wildman–Crippen LogP) is 3.28. The first kappa shape index (κ1) is 19.8. The summed E-state index contributed by atoms with van der Waals surface area (Å²) >= 11 is 0. The number of hydrogen-bond acceptors (Lipinski definition) is 0. The van der Waals surface area contributed by atoms with Gasteiger partial charge in [-0.2, -0.15) is 23.8 Å². The van der Waals surface area contributed by atoms with Crippen LogP contribution in [0.2, 0.25) is 0 Å². The van der Waals surface area contributed by atoms with Crippen LogP contribution in [0, 0.1) is 37.7 Å². The second-order valence-corrected chi connectivity index (χ2v) is 7.32. The second kappa shape index (κ2) is 9.27. The van der Waals surface area contributed by atoms with Crippen LogP contribution in [0.3, 0.4) is 0 Å². The van der Waals surface area contributed by atoms with Crippen molar-refractivity contribution in [2.45, 2.75) is 58.8 Å². The van der Waals surface area contributed by atoms with Crippen LogP contribution in [0.15, 0.2) is 30.9 Å². The van der Waals surface area contributed by atoms with Crippen LogP contribution in [0.25, 0.3) is 5.57 Å². The van der Waals surface area contributed by atoms with Gasteiger partial charge < -0.3 is 0 Å². The van der Waals surface area contributed by atoms with E-state index < -0.39 is 0 Å². The number of aryl methyl sites for hydroxylation is 1. The predicted molar refractivity (Wildman–Crippen MR) is 95.7 cm³/mol. The smallest absolute Gasteiger partial charge is 0.180 e. The molecule has 3 rings (SSSR count). The Labute approximate surface area is 191 Å². The van der Waals surface area contributed by atoms with E-state index >= 15 is 0 Å². The van der Waals surface area contributed by atoms with Crippen LogP contribution in [0.4, 0.5) is 0 Å². The van der Waals surface area contributed by atoms with Gasteiger partial charge in [-0.15, -0.1) is 17.7 Å². The van der Waals surface area contributed by atoms with Crippen LogP contribution in [-0.2, 0) is 0 Å². The van der Waals surface area contributed by atoms with Gasteiger partial charge in [-0.1, -0.05) is 31.6 Å². The van der Waals surface area contributed by atoms with E-state index in [0.717, 1.165) is 17.8 Å². The zero-order chi connectivity index (χ0) is 15.5. The summed E-state index contributed by atoms with van der Waals surface area (Å²) in [6.07, 6.45) is 14.2. The van der Waals surface area contributed by atoms with Gasteiger partial charge in [-0.25, -0.2) is 0 Å². The molecule has 1 fully saturated rings. The molecule has 23 heavy (non-hydrogen) atoms. The minimum Gasteiger partial charge on any atom is -0.180 e. The number of rotatable bonds is 3. The van der Waals surface area contributed by atoms with E-state index in [1.807, 2.05) is 0 Å². The van der Waals surface area contributed by atoms with E-state index in [0.29, 0.717) is 0 Å². The topological polar surface area (TPSA) is 0 Å². The van der Waals surface area contributed by atoms with Gasteiger partial charge in [0.1, 0.15) is 0 Å². The molecule has 2 aliphatic rings. The SMILES string of the molecule is C=CC1CCC(C2CC=C(c3cc[c-]c(C)c3C)CC2)CC1.[Rb+]. The van der Waals surface area contributed by atoms with Gasteiger partial charge >= 0.3 is 58.2 Å². The zero-order valence-corrected chi connectivity index (χ0v) is 20.1. The maximum atomic E-state index is 3.97. The number of allylic oxidation sites excluding steroid dienone is 3. The Bertz CT molecular complexity index is 561. The summed E-state index contributed by atoms with van der Waals surface area (Å²) < 4.78 is 0. The van der Waals surface area contributed by atoms with Crippen LogP contribution < -0.4 is 58.2 Å². The van der Waals surface area contributed by atoms with Gasteiger partial charge in [0.2, 0.25) is 0 Å². The summed E-state index contributed by atoms with van der Waals surface area (Å²) in [5.41, 5.74) is 5.75. The monoisotopic (exact) mass is 378 g/mol. The van der Waals surface area contributed by atoms with Crippen LogP contribution >= 0.6 is 0 Å². The molecule has 0 N–H and O–H groups in total. The van der Waals surface area contributed by atoms with Crippen molar-refractivity contribution in [3.8, 4) is 0 Å². The Hall–Kier alpha value is 0.505. The van der Waals surface area contributed by atoms with Crippen molar-refractivity contribution in [3.05, 3.63) is 53.6 Å². The van der Waals surface area contributed by atoms with Crippen molar-refractivity contribution in [1.29, 1.82) is 0 Å². The Morgan fingerprint density at radius 1 is 1.09 bits per heavy atom. The molecule has 0 nitrogen and oxygen atoms in total. The molecule has 1 aromatic rings. The third-order valence-electron chi connectivity index (χ3n) is 6.13. The molecule has 0 radical (unpaired) electrons. The maximum absolute atomic E-state index is 3.97. The molecule has 0 amide bonds. The fraction of sp³-hybridized carbons (Fsp3) is 0.545. The molecule has 2 aliphatic carbocycles. The van der Waals surface area contributed by atoms with Crippen molar-refractivity contribution >= 4 is 5.57 Å². The summed E-state index contributed by atoms with van der Waals surface area (Å²) in [4.78, 5) is 0. The maximum Gasteiger partial charge on any atom is 1.00 e. The van der Waals surface area contributed by atoms with Gasteiger partial charge in [0.15, 0.2) is 0 Å². The molecule has 1 unspecified atom stereocenters. The molecule has 1 atom stereocenters. The summed E-state index contributed by atoms with van der Waals surface area (Å²) in [7, 11) is 0. The van der Waals surface area contributed by atoms with Crippen molar-refractivity contribution in [3.63, 3.8) is 0 Å². The molecule has 0 heterocycles. The summed E-state index contributed by atoms with van der Waals surface area (Å²) in [6, 6.07) is 7.65. The third kappa shape index (κ3) is 4.78. The Morgan fingerprint density at radius 3 is 2.43 bits per heavy atom. The van der Waals surface area contributed by atoms with Crippen molar-refractivity contribution in [1.82, 2.24) is 0 Å². The van der Waals surface area contributed by atoms with Crippen LogP contribution in [0.5, 0.6) is 0 Å². The largest absolute Gasteiger partial charge is 1.00 e. The van der Waals surface area contributed by atoms with E-state index in [4.69, 9.17) is 0 Å². The Morgan fingerprint density at radius 2 is 1.83 bits per heavy atom.